The first-order chi connectivity index (χ1) is 18.0. The van der Waals surface area contributed by atoms with Gasteiger partial charge >= 0.3 is 0 Å². The summed E-state index contributed by atoms with van der Waals surface area (Å²) >= 11 is 0. The fourth-order valence-corrected chi connectivity index (χ4v) is 4.52. The Hall–Kier alpha value is -4.78. The maximum Gasteiger partial charge on any atom is 0.290 e. The molecule has 0 fully saturated rings. The van der Waals surface area contributed by atoms with E-state index >= 15 is 0 Å². The smallest absolute Gasteiger partial charge is 0.290 e. The number of methoxy groups -OCH3 is 1. The summed E-state index contributed by atoms with van der Waals surface area (Å²) in [6.45, 7) is 4.20. The van der Waals surface area contributed by atoms with Crippen molar-refractivity contribution in [3.05, 3.63) is 120 Å². The van der Waals surface area contributed by atoms with Gasteiger partial charge in [-0.3, -0.25) is 9.59 Å². The molecule has 1 aliphatic rings. The Morgan fingerprint density at radius 2 is 1.84 bits per heavy atom. The number of furan rings is 1. The summed E-state index contributed by atoms with van der Waals surface area (Å²) in [5, 5.41) is 11.7. The number of para-hydroxylation sites is 1. The zero-order valence-corrected chi connectivity index (χ0v) is 20.2. The quantitative estimate of drug-likeness (QED) is 0.234. The summed E-state index contributed by atoms with van der Waals surface area (Å²) in [7, 11) is 1.52. The molecule has 7 heteroatoms. The van der Waals surface area contributed by atoms with E-state index in [0.29, 0.717) is 34.6 Å². The highest BCUT2D eigenvalue weighted by Gasteiger charge is 2.44. The second-order valence-corrected chi connectivity index (χ2v) is 8.57. The molecule has 7 nitrogen and oxygen atoms in total. The van der Waals surface area contributed by atoms with Gasteiger partial charge in [0.15, 0.2) is 22.9 Å². The van der Waals surface area contributed by atoms with E-state index in [9.17, 15) is 14.7 Å². The number of hydrogen-bond acceptors (Lipinski definition) is 6. The maximum absolute atomic E-state index is 13.8. The first-order valence-corrected chi connectivity index (χ1v) is 11.7. The second-order valence-electron chi connectivity index (χ2n) is 8.57. The maximum atomic E-state index is 13.8. The number of aliphatic hydroxyl groups is 1. The number of carbonyl (C=O) groups excluding carboxylic acids is 2. The zero-order valence-electron chi connectivity index (χ0n) is 20.2. The van der Waals surface area contributed by atoms with Crippen molar-refractivity contribution in [2.24, 2.45) is 0 Å². The predicted octanol–water partition coefficient (Wildman–Crippen LogP) is 5.78. The van der Waals surface area contributed by atoms with E-state index in [1.165, 1.54) is 12.0 Å². The molecular formula is C30H25NO6. The normalized spacial score (nSPS) is 15.3. The van der Waals surface area contributed by atoms with Gasteiger partial charge in [0.2, 0.25) is 5.78 Å². The number of nitrogens with zero attached hydrogens (tertiary/aromatic N) is 1. The number of carbonyl (C=O) groups is 2. The van der Waals surface area contributed by atoms with Gasteiger partial charge in [0, 0.05) is 11.9 Å². The van der Waals surface area contributed by atoms with Crippen molar-refractivity contribution >= 4 is 22.7 Å². The molecule has 0 bridgehead atoms. The largest absolute Gasteiger partial charge is 0.503 e. The van der Waals surface area contributed by atoms with E-state index in [-0.39, 0.29) is 17.9 Å². The van der Waals surface area contributed by atoms with Gasteiger partial charge in [0.05, 0.1) is 18.7 Å². The fraction of sp³-hybridized carbons (Fsp3) is 0.133. The Labute approximate surface area is 213 Å². The van der Waals surface area contributed by atoms with Crippen molar-refractivity contribution in [3.63, 3.8) is 0 Å². The fourth-order valence-electron chi connectivity index (χ4n) is 4.52. The van der Waals surface area contributed by atoms with Crippen molar-refractivity contribution in [1.82, 2.24) is 4.90 Å². The molecule has 1 unspecified atom stereocenters. The third kappa shape index (κ3) is 4.47. The lowest BCUT2D eigenvalue weighted by molar-refractivity contribution is -0.130. The monoisotopic (exact) mass is 495 g/mol. The van der Waals surface area contributed by atoms with E-state index < -0.39 is 23.5 Å². The average Bonchev–Trinajstić information content (AvgIpc) is 3.47. The highest BCUT2D eigenvalue weighted by atomic mass is 16.5. The van der Waals surface area contributed by atoms with Crippen molar-refractivity contribution in [3.8, 4) is 11.5 Å². The summed E-state index contributed by atoms with van der Waals surface area (Å²) in [4.78, 5) is 28.6. The summed E-state index contributed by atoms with van der Waals surface area (Å²) in [6, 6.07) is 22.6. The SMILES string of the molecule is C=CCOc1ccc(C2C(C(=O)c3cc4cccc(OC)c4o3)=C(O)C(=O)N2Cc2ccccc2)cc1. The van der Waals surface area contributed by atoms with Crippen LogP contribution in [0, 0.1) is 0 Å². The van der Waals surface area contributed by atoms with Crippen LogP contribution in [0.3, 0.4) is 0 Å². The molecule has 1 amide bonds. The van der Waals surface area contributed by atoms with Gasteiger partial charge in [-0.25, -0.2) is 0 Å². The van der Waals surface area contributed by atoms with E-state index in [4.69, 9.17) is 13.9 Å². The minimum Gasteiger partial charge on any atom is -0.503 e. The number of ketones is 1. The van der Waals surface area contributed by atoms with Crippen molar-refractivity contribution < 1.29 is 28.6 Å². The molecule has 1 aromatic heterocycles. The molecule has 186 valence electrons. The van der Waals surface area contributed by atoms with Gasteiger partial charge < -0.3 is 23.9 Å². The van der Waals surface area contributed by atoms with E-state index in [1.54, 1.807) is 54.6 Å². The molecular weight excluding hydrogens is 470 g/mol. The third-order valence-electron chi connectivity index (χ3n) is 6.26. The van der Waals surface area contributed by atoms with Crippen LogP contribution in [0.25, 0.3) is 11.0 Å². The lowest BCUT2D eigenvalue weighted by atomic mass is 9.94. The predicted molar refractivity (Wildman–Crippen MR) is 139 cm³/mol. The van der Waals surface area contributed by atoms with Gasteiger partial charge in [-0.05, 0) is 35.4 Å². The van der Waals surface area contributed by atoms with Crippen LogP contribution in [0.2, 0.25) is 0 Å². The molecule has 0 aliphatic carbocycles. The average molecular weight is 496 g/mol. The number of rotatable bonds is 9. The molecule has 1 N–H and O–H groups in total. The van der Waals surface area contributed by atoms with Gasteiger partial charge in [0.1, 0.15) is 12.4 Å². The van der Waals surface area contributed by atoms with Gasteiger partial charge in [-0.1, -0.05) is 67.3 Å². The molecule has 4 aromatic rings. The van der Waals surface area contributed by atoms with Crippen LogP contribution in [0.4, 0.5) is 0 Å². The van der Waals surface area contributed by atoms with Gasteiger partial charge in [0.25, 0.3) is 5.91 Å². The van der Waals surface area contributed by atoms with Gasteiger partial charge in [-0.2, -0.15) is 0 Å². The highest BCUT2D eigenvalue weighted by Crippen LogP contribution is 2.41. The number of amides is 1. The molecule has 1 aliphatic heterocycles. The topological polar surface area (TPSA) is 89.2 Å². The second kappa shape index (κ2) is 10.1. The van der Waals surface area contributed by atoms with E-state index in [0.717, 1.165) is 5.56 Å². The molecule has 0 radical (unpaired) electrons. The summed E-state index contributed by atoms with van der Waals surface area (Å²) in [5.41, 5.74) is 1.89. The summed E-state index contributed by atoms with van der Waals surface area (Å²) < 4.78 is 16.8. The minimum absolute atomic E-state index is 0.00588. The van der Waals surface area contributed by atoms with Crippen LogP contribution in [-0.2, 0) is 11.3 Å². The number of hydrogen-bond donors (Lipinski definition) is 1. The van der Waals surface area contributed by atoms with E-state index in [1.807, 2.05) is 30.3 Å². The molecule has 0 saturated heterocycles. The molecule has 0 saturated carbocycles. The highest BCUT2D eigenvalue weighted by molar-refractivity contribution is 6.16. The van der Waals surface area contributed by atoms with Crippen molar-refractivity contribution in [2.75, 3.05) is 13.7 Å². The number of fused-ring (bicyclic) bond motifs is 1. The lowest BCUT2D eigenvalue weighted by Gasteiger charge is -2.27. The van der Waals surface area contributed by atoms with Crippen LogP contribution in [0.15, 0.2) is 107 Å². The summed E-state index contributed by atoms with van der Waals surface area (Å²) in [5.74, 6) is -0.686. The number of benzene rings is 3. The molecule has 5 rings (SSSR count). The number of Topliss-reactive ketones (excluding diaryl/α,β-unsaturated/α-hetero) is 1. The Bertz CT molecular complexity index is 1500. The van der Waals surface area contributed by atoms with Crippen LogP contribution in [0.5, 0.6) is 11.5 Å². The molecule has 3 aromatic carbocycles. The third-order valence-corrected chi connectivity index (χ3v) is 6.26. The Morgan fingerprint density at radius 3 is 2.54 bits per heavy atom. The Morgan fingerprint density at radius 1 is 1.08 bits per heavy atom. The number of ether oxygens (including phenoxy) is 2. The van der Waals surface area contributed by atoms with Crippen LogP contribution < -0.4 is 9.47 Å². The molecule has 2 heterocycles. The van der Waals surface area contributed by atoms with Crippen LogP contribution in [0.1, 0.15) is 27.7 Å². The Kier molecular flexibility index (Phi) is 6.51. The number of aliphatic hydroxyl groups excluding tert-OH is 1. The molecule has 1 atom stereocenters. The van der Waals surface area contributed by atoms with Crippen LogP contribution >= 0.6 is 0 Å². The molecule has 0 spiro atoms. The standard InChI is InChI=1S/C30H25NO6/c1-3-16-36-22-14-12-20(13-15-22)26-25(28(33)30(34)31(26)18-19-8-5-4-6-9-19)27(32)24-17-21-10-7-11-23(35-2)29(21)37-24/h3-15,17,26,33H,1,16,18H2,2H3. The first-order valence-electron chi connectivity index (χ1n) is 11.7. The first kappa shape index (κ1) is 23.9. The summed E-state index contributed by atoms with van der Waals surface area (Å²) in [6.07, 6.45) is 1.64. The molecule has 37 heavy (non-hydrogen) atoms. The zero-order chi connectivity index (χ0) is 25.9. The Balaban J connectivity index is 1.57. The minimum atomic E-state index is -0.830. The van der Waals surface area contributed by atoms with E-state index in [2.05, 4.69) is 6.58 Å². The van der Waals surface area contributed by atoms with Crippen molar-refractivity contribution in [2.45, 2.75) is 12.6 Å². The van der Waals surface area contributed by atoms with Crippen molar-refractivity contribution in [1.29, 1.82) is 0 Å². The van der Waals surface area contributed by atoms with Crippen LogP contribution in [-0.4, -0.2) is 35.4 Å². The van der Waals surface area contributed by atoms with Gasteiger partial charge in [-0.15, -0.1) is 0 Å². The lowest BCUT2D eigenvalue weighted by Crippen LogP contribution is -2.30.